The van der Waals surface area contributed by atoms with Crippen LogP contribution in [0.5, 0.6) is 0 Å². The van der Waals surface area contributed by atoms with Gasteiger partial charge in [-0.05, 0) is 25.5 Å². The lowest BCUT2D eigenvalue weighted by atomic mass is 10.1. The normalized spacial score (nSPS) is 10.9. The highest BCUT2D eigenvalue weighted by Gasteiger charge is 2.17. The lowest BCUT2D eigenvalue weighted by molar-refractivity contribution is 0.0599. The Kier molecular flexibility index (Phi) is 5.78. The van der Waals surface area contributed by atoms with Gasteiger partial charge in [-0.3, -0.25) is 0 Å². The number of thioether (sulfide) groups is 1. The molecule has 0 spiro atoms. The van der Waals surface area contributed by atoms with Crippen molar-refractivity contribution in [2.45, 2.75) is 37.7 Å². The second kappa shape index (κ2) is 8.23. The summed E-state index contributed by atoms with van der Waals surface area (Å²) in [5.41, 5.74) is 1.67. The third kappa shape index (κ3) is 3.99. The van der Waals surface area contributed by atoms with E-state index >= 15 is 0 Å². The molecule has 0 aliphatic heterocycles. The van der Waals surface area contributed by atoms with Crippen LogP contribution in [0.2, 0.25) is 0 Å². The predicted molar refractivity (Wildman–Crippen MR) is 99.3 cm³/mol. The molecule has 0 saturated heterocycles. The molecule has 3 rings (SSSR count). The van der Waals surface area contributed by atoms with Crippen molar-refractivity contribution in [2.75, 3.05) is 7.11 Å². The molecule has 136 valence electrons. The van der Waals surface area contributed by atoms with Gasteiger partial charge in [-0.1, -0.05) is 42.1 Å². The maximum absolute atomic E-state index is 11.7. The number of carbonyl (C=O) groups excluding carboxylic acids is 1. The number of aromatic nitrogens is 3. The van der Waals surface area contributed by atoms with Crippen molar-refractivity contribution in [1.29, 1.82) is 0 Å². The van der Waals surface area contributed by atoms with Gasteiger partial charge in [0.15, 0.2) is 5.16 Å². The van der Waals surface area contributed by atoms with Crippen molar-refractivity contribution in [1.82, 2.24) is 14.8 Å². The van der Waals surface area contributed by atoms with Crippen molar-refractivity contribution in [2.24, 2.45) is 0 Å². The number of hydrogen-bond donors (Lipinski definition) is 0. The number of benzene rings is 1. The monoisotopic (exact) mass is 371 g/mol. The quantitative estimate of drug-likeness (QED) is 0.464. The highest BCUT2D eigenvalue weighted by atomic mass is 32.2. The topological polar surface area (TPSA) is 70.2 Å². The maximum Gasteiger partial charge on any atom is 0.341 e. The van der Waals surface area contributed by atoms with Crippen molar-refractivity contribution in [3.63, 3.8) is 0 Å². The summed E-state index contributed by atoms with van der Waals surface area (Å²) in [7, 11) is 1.36. The maximum atomic E-state index is 11.7. The number of hydrogen-bond acceptors (Lipinski definition) is 6. The molecule has 2 aromatic heterocycles. The third-order valence-corrected chi connectivity index (χ3v) is 5.02. The predicted octanol–water partition coefficient (Wildman–Crippen LogP) is 3.87. The fourth-order valence-corrected chi connectivity index (χ4v) is 3.62. The highest BCUT2D eigenvalue weighted by molar-refractivity contribution is 7.98. The van der Waals surface area contributed by atoms with E-state index in [1.807, 2.05) is 18.2 Å². The minimum absolute atomic E-state index is 0.385. The zero-order chi connectivity index (χ0) is 18.5. The van der Waals surface area contributed by atoms with Crippen LogP contribution < -0.4 is 0 Å². The van der Waals surface area contributed by atoms with E-state index in [1.165, 1.54) is 12.7 Å². The molecule has 0 atom stereocenters. The van der Waals surface area contributed by atoms with Gasteiger partial charge < -0.3 is 13.7 Å². The first-order valence-corrected chi connectivity index (χ1v) is 9.37. The molecule has 3 aromatic rings. The molecular weight excluding hydrogens is 350 g/mol. The number of nitrogens with zero attached hydrogens (tertiary/aromatic N) is 3. The van der Waals surface area contributed by atoms with E-state index in [9.17, 15) is 4.79 Å². The van der Waals surface area contributed by atoms with Crippen LogP contribution in [0.4, 0.5) is 0 Å². The first-order chi connectivity index (χ1) is 12.6. The van der Waals surface area contributed by atoms with Gasteiger partial charge in [-0.2, -0.15) is 0 Å². The number of esters is 1. The summed E-state index contributed by atoms with van der Waals surface area (Å²) >= 11 is 1.54. The first-order valence-electron chi connectivity index (χ1n) is 8.38. The Morgan fingerprint density at radius 3 is 2.73 bits per heavy atom. The summed E-state index contributed by atoms with van der Waals surface area (Å²) in [5.74, 6) is 2.40. The summed E-state index contributed by atoms with van der Waals surface area (Å²) < 4.78 is 12.5. The Balaban J connectivity index is 1.72. The van der Waals surface area contributed by atoms with Gasteiger partial charge >= 0.3 is 5.97 Å². The molecule has 7 heteroatoms. The molecule has 0 amide bonds. The average molecular weight is 371 g/mol. The Morgan fingerprint density at radius 1 is 1.27 bits per heavy atom. The van der Waals surface area contributed by atoms with Crippen molar-refractivity contribution in [3.05, 3.63) is 64.9 Å². The van der Waals surface area contributed by atoms with Crippen molar-refractivity contribution >= 4 is 17.7 Å². The molecular formula is C19H21N3O3S. The van der Waals surface area contributed by atoms with E-state index < -0.39 is 0 Å². The van der Waals surface area contributed by atoms with Crippen molar-refractivity contribution in [3.8, 4) is 0 Å². The Hall–Kier alpha value is -2.54. The molecule has 0 bridgehead atoms. The highest BCUT2D eigenvalue weighted by Crippen LogP contribution is 2.25. The second-order valence-corrected chi connectivity index (χ2v) is 6.71. The molecule has 0 saturated carbocycles. The molecule has 0 aliphatic carbocycles. The van der Waals surface area contributed by atoms with Crippen LogP contribution in [-0.2, 0) is 23.5 Å². The van der Waals surface area contributed by atoms with Crippen LogP contribution in [0, 0.1) is 6.92 Å². The Labute approximate surface area is 156 Å². The van der Waals surface area contributed by atoms with Crippen LogP contribution in [0.1, 0.15) is 40.2 Å². The van der Waals surface area contributed by atoms with E-state index in [1.54, 1.807) is 24.8 Å². The van der Waals surface area contributed by atoms with Gasteiger partial charge in [0.25, 0.3) is 0 Å². The van der Waals surface area contributed by atoms with Crippen LogP contribution in [-0.4, -0.2) is 27.8 Å². The number of aryl methyl sites for hydroxylation is 1. The lowest BCUT2D eigenvalue weighted by Gasteiger charge is -2.06. The third-order valence-electron chi connectivity index (χ3n) is 4.03. The largest absolute Gasteiger partial charge is 0.465 e. The summed E-state index contributed by atoms with van der Waals surface area (Å²) in [6.07, 6.45) is 0.745. The van der Waals surface area contributed by atoms with E-state index in [2.05, 4.69) is 33.8 Å². The van der Waals surface area contributed by atoms with Gasteiger partial charge in [-0.15, -0.1) is 10.2 Å². The van der Waals surface area contributed by atoms with Crippen LogP contribution in [0.25, 0.3) is 0 Å². The van der Waals surface area contributed by atoms with Crippen LogP contribution >= 0.6 is 11.8 Å². The first kappa shape index (κ1) is 18.3. The molecule has 1 aromatic carbocycles. The fraction of sp³-hybridized carbons (Fsp3) is 0.316. The summed E-state index contributed by atoms with van der Waals surface area (Å²) in [4.78, 5) is 11.7. The lowest BCUT2D eigenvalue weighted by Crippen LogP contribution is -2.04. The van der Waals surface area contributed by atoms with Gasteiger partial charge in [0.2, 0.25) is 0 Å². The summed E-state index contributed by atoms with van der Waals surface area (Å²) in [5, 5.41) is 9.51. The smallest absolute Gasteiger partial charge is 0.341 e. The zero-order valence-electron chi connectivity index (χ0n) is 15.1. The molecule has 0 radical (unpaired) electrons. The van der Waals surface area contributed by atoms with E-state index in [4.69, 9.17) is 9.15 Å². The van der Waals surface area contributed by atoms with Crippen LogP contribution in [0.15, 0.2) is 46.0 Å². The zero-order valence-corrected chi connectivity index (χ0v) is 15.9. The number of rotatable bonds is 7. The summed E-state index contributed by atoms with van der Waals surface area (Å²) in [6, 6.07) is 11.9. The fourth-order valence-electron chi connectivity index (χ4n) is 2.72. The number of carbonyl (C=O) groups is 1. The number of methoxy groups -OCH3 is 1. The molecule has 0 aliphatic rings. The van der Waals surface area contributed by atoms with Crippen molar-refractivity contribution < 1.29 is 13.9 Å². The van der Waals surface area contributed by atoms with E-state index in [-0.39, 0.29) is 5.97 Å². The van der Waals surface area contributed by atoms with Gasteiger partial charge in [0.05, 0.1) is 12.9 Å². The minimum atomic E-state index is -0.385. The average Bonchev–Trinajstić information content (AvgIpc) is 3.22. The van der Waals surface area contributed by atoms with Gasteiger partial charge in [0.1, 0.15) is 22.9 Å². The molecule has 2 heterocycles. The molecule has 6 nitrogen and oxygen atoms in total. The number of ether oxygens (including phenoxy) is 1. The molecule has 0 unspecified atom stereocenters. The van der Waals surface area contributed by atoms with Gasteiger partial charge in [-0.25, -0.2) is 4.79 Å². The molecule has 26 heavy (non-hydrogen) atoms. The molecule has 0 fully saturated rings. The Bertz CT molecular complexity index is 887. The SMILES string of the molecule is CCn1c(Cc2ccccc2)nnc1SCc1cc(C(=O)OC)c(C)o1. The standard InChI is InChI=1S/C19H21N3O3S/c1-4-22-17(10-14-8-6-5-7-9-14)20-21-19(22)26-12-15-11-16(13(2)25-15)18(23)24-3/h5-9,11H,4,10,12H2,1-3H3. The number of furan rings is 1. The summed E-state index contributed by atoms with van der Waals surface area (Å²) in [6.45, 7) is 4.63. The van der Waals surface area contributed by atoms with E-state index in [0.29, 0.717) is 22.8 Å². The minimum Gasteiger partial charge on any atom is -0.465 e. The van der Waals surface area contributed by atoms with Crippen LogP contribution in [0.3, 0.4) is 0 Å². The molecule has 0 N–H and O–H groups in total. The Morgan fingerprint density at radius 2 is 2.04 bits per heavy atom. The second-order valence-electron chi connectivity index (χ2n) is 5.77. The van der Waals surface area contributed by atoms with Gasteiger partial charge in [0, 0.05) is 13.0 Å². The van der Waals surface area contributed by atoms with E-state index in [0.717, 1.165) is 23.9 Å².